The van der Waals surface area contributed by atoms with E-state index in [-0.39, 0.29) is 0 Å². The maximum absolute atomic E-state index is 4.15. The monoisotopic (exact) mass is 318 g/mol. The molecule has 0 radical (unpaired) electrons. The summed E-state index contributed by atoms with van der Waals surface area (Å²) in [7, 11) is 0. The second kappa shape index (κ2) is 6.73. The fourth-order valence-corrected chi connectivity index (χ4v) is 4.26. The van der Waals surface area contributed by atoms with Crippen LogP contribution in [0.5, 0.6) is 0 Å². The van der Waals surface area contributed by atoms with Crippen molar-refractivity contribution in [3.05, 3.63) is 0 Å². The highest BCUT2D eigenvalue weighted by atomic mass is 79.9. The maximum Gasteiger partial charge on any atom is 0.209 e. The molecule has 0 amide bonds. The van der Waals surface area contributed by atoms with E-state index in [0.29, 0.717) is 12.0 Å². The number of rotatable bonds is 6. The van der Waals surface area contributed by atoms with E-state index < -0.39 is 0 Å². The first-order chi connectivity index (χ1) is 8.35. The third-order valence-electron chi connectivity index (χ3n) is 3.38. The third kappa shape index (κ3) is 3.44. The molecule has 0 aliphatic heterocycles. The molecular weight excluding hydrogens is 300 g/mol. The fourth-order valence-electron chi connectivity index (χ4n) is 2.12. The Morgan fingerprint density at radius 3 is 2.88 bits per heavy atom. The predicted octanol–water partition coefficient (Wildman–Crippen LogP) is 3.30. The zero-order valence-electron chi connectivity index (χ0n) is 10.2. The van der Waals surface area contributed by atoms with Crippen molar-refractivity contribution in [3.8, 4) is 0 Å². The Kier molecular flexibility index (Phi) is 5.28. The molecule has 1 unspecified atom stereocenters. The SMILES string of the molecule is CCC(CBr)CSc1nnnn1C1CCCC1. The van der Waals surface area contributed by atoms with Crippen molar-refractivity contribution >= 4 is 27.7 Å². The highest BCUT2D eigenvalue weighted by molar-refractivity contribution is 9.09. The Morgan fingerprint density at radius 2 is 2.24 bits per heavy atom. The topological polar surface area (TPSA) is 43.6 Å². The first-order valence-electron chi connectivity index (χ1n) is 6.31. The average molecular weight is 319 g/mol. The summed E-state index contributed by atoms with van der Waals surface area (Å²) in [5.41, 5.74) is 0. The molecular formula is C11H19BrN4S. The van der Waals surface area contributed by atoms with Gasteiger partial charge in [0.1, 0.15) is 0 Å². The molecule has 96 valence electrons. The first-order valence-corrected chi connectivity index (χ1v) is 8.42. The molecule has 1 heterocycles. The lowest BCUT2D eigenvalue weighted by atomic mass is 10.2. The molecule has 1 aliphatic carbocycles. The van der Waals surface area contributed by atoms with Crippen molar-refractivity contribution in [1.29, 1.82) is 0 Å². The lowest BCUT2D eigenvalue weighted by Crippen LogP contribution is -2.10. The van der Waals surface area contributed by atoms with Crippen LogP contribution in [-0.4, -0.2) is 31.3 Å². The first kappa shape index (κ1) is 13.3. The molecule has 17 heavy (non-hydrogen) atoms. The van der Waals surface area contributed by atoms with Crippen LogP contribution >= 0.6 is 27.7 Å². The van der Waals surface area contributed by atoms with Crippen LogP contribution in [0.2, 0.25) is 0 Å². The van der Waals surface area contributed by atoms with Gasteiger partial charge in [-0.2, -0.15) is 0 Å². The molecule has 1 aliphatic rings. The molecule has 2 rings (SSSR count). The van der Waals surface area contributed by atoms with Crippen LogP contribution < -0.4 is 0 Å². The van der Waals surface area contributed by atoms with Crippen LogP contribution in [0.4, 0.5) is 0 Å². The van der Waals surface area contributed by atoms with Crippen molar-refractivity contribution in [2.24, 2.45) is 5.92 Å². The summed E-state index contributed by atoms with van der Waals surface area (Å²) in [6, 6.07) is 0.538. The zero-order valence-corrected chi connectivity index (χ0v) is 12.6. The standard InChI is InChI=1S/C11H19BrN4S/c1-2-9(7-12)8-17-11-13-14-15-16(11)10-5-3-4-6-10/h9-10H,2-8H2,1H3. The van der Waals surface area contributed by atoms with Crippen molar-refractivity contribution in [3.63, 3.8) is 0 Å². The van der Waals surface area contributed by atoms with Crippen molar-refractivity contribution in [1.82, 2.24) is 20.2 Å². The lowest BCUT2D eigenvalue weighted by Gasteiger charge is -2.13. The van der Waals surface area contributed by atoms with E-state index in [1.54, 1.807) is 11.8 Å². The number of tetrazole rings is 1. The Balaban J connectivity index is 1.94. The summed E-state index contributed by atoms with van der Waals surface area (Å²) in [5, 5.41) is 14.2. The van der Waals surface area contributed by atoms with E-state index in [0.717, 1.165) is 16.2 Å². The smallest absolute Gasteiger partial charge is 0.209 e. The van der Waals surface area contributed by atoms with Gasteiger partial charge in [-0.25, -0.2) is 4.68 Å². The number of thioether (sulfide) groups is 1. The normalized spacial score (nSPS) is 18.7. The molecule has 0 bridgehead atoms. The summed E-state index contributed by atoms with van der Waals surface area (Å²) in [5.74, 6) is 1.79. The summed E-state index contributed by atoms with van der Waals surface area (Å²) in [6.07, 6.45) is 6.28. The van der Waals surface area contributed by atoms with Gasteiger partial charge in [-0.1, -0.05) is 53.9 Å². The second-order valence-electron chi connectivity index (χ2n) is 4.58. The van der Waals surface area contributed by atoms with E-state index >= 15 is 0 Å². The lowest BCUT2D eigenvalue weighted by molar-refractivity contribution is 0.422. The Morgan fingerprint density at radius 1 is 1.47 bits per heavy atom. The van der Waals surface area contributed by atoms with Gasteiger partial charge in [0.15, 0.2) is 0 Å². The molecule has 0 N–H and O–H groups in total. The van der Waals surface area contributed by atoms with Crippen molar-refractivity contribution in [2.75, 3.05) is 11.1 Å². The Hall–Kier alpha value is -0.100. The molecule has 4 nitrogen and oxygen atoms in total. The van der Waals surface area contributed by atoms with Crippen LogP contribution in [0.3, 0.4) is 0 Å². The number of hydrogen-bond acceptors (Lipinski definition) is 4. The molecule has 0 saturated heterocycles. The zero-order chi connectivity index (χ0) is 12.1. The Bertz CT molecular complexity index is 334. The van der Waals surface area contributed by atoms with E-state index in [4.69, 9.17) is 0 Å². The quantitative estimate of drug-likeness (QED) is 0.596. The van der Waals surface area contributed by atoms with Crippen LogP contribution in [-0.2, 0) is 0 Å². The minimum Gasteiger partial charge on any atom is -0.217 e. The van der Waals surface area contributed by atoms with Gasteiger partial charge in [-0.3, -0.25) is 0 Å². The number of halogens is 1. The number of nitrogens with zero attached hydrogens (tertiary/aromatic N) is 4. The summed E-state index contributed by atoms with van der Waals surface area (Å²) in [6.45, 7) is 2.23. The highest BCUT2D eigenvalue weighted by Gasteiger charge is 2.21. The summed E-state index contributed by atoms with van der Waals surface area (Å²) in [4.78, 5) is 0. The predicted molar refractivity (Wildman–Crippen MR) is 73.6 cm³/mol. The molecule has 1 saturated carbocycles. The molecule has 1 aromatic rings. The average Bonchev–Trinajstić information content (AvgIpc) is 3.00. The van der Waals surface area contributed by atoms with E-state index in [1.807, 2.05) is 4.68 Å². The van der Waals surface area contributed by atoms with Gasteiger partial charge in [0.2, 0.25) is 5.16 Å². The molecule has 0 aromatic carbocycles. The van der Waals surface area contributed by atoms with Gasteiger partial charge < -0.3 is 0 Å². The van der Waals surface area contributed by atoms with E-state index in [1.165, 1.54) is 32.1 Å². The van der Waals surface area contributed by atoms with Crippen LogP contribution in [0.25, 0.3) is 0 Å². The second-order valence-corrected chi connectivity index (χ2v) is 6.22. The maximum atomic E-state index is 4.15. The van der Waals surface area contributed by atoms with Gasteiger partial charge in [-0.05, 0) is 29.2 Å². The minimum absolute atomic E-state index is 0.538. The van der Waals surface area contributed by atoms with E-state index in [9.17, 15) is 0 Å². The van der Waals surface area contributed by atoms with Gasteiger partial charge in [0, 0.05) is 11.1 Å². The summed E-state index contributed by atoms with van der Waals surface area (Å²) >= 11 is 5.35. The Labute approximate surface area is 115 Å². The van der Waals surface area contributed by atoms with Crippen molar-refractivity contribution < 1.29 is 0 Å². The summed E-state index contributed by atoms with van der Waals surface area (Å²) < 4.78 is 2.04. The van der Waals surface area contributed by atoms with Gasteiger partial charge >= 0.3 is 0 Å². The number of aromatic nitrogens is 4. The van der Waals surface area contributed by atoms with Gasteiger partial charge in [0.25, 0.3) is 0 Å². The van der Waals surface area contributed by atoms with Crippen LogP contribution in [0, 0.1) is 5.92 Å². The highest BCUT2D eigenvalue weighted by Crippen LogP contribution is 2.32. The molecule has 6 heteroatoms. The van der Waals surface area contributed by atoms with Crippen LogP contribution in [0.15, 0.2) is 5.16 Å². The molecule has 0 spiro atoms. The molecule has 1 fully saturated rings. The fraction of sp³-hybridized carbons (Fsp3) is 0.909. The largest absolute Gasteiger partial charge is 0.217 e. The number of alkyl halides is 1. The van der Waals surface area contributed by atoms with E-state index in [2.05, 4.69) is 38.4 Å². The van der Waals surface area contributed by atoms with Crippen LogP contribution in [0.1, 0.15) is 45.1 Å². The third-order valence-corrected chi connectivity index (χ3v) is 5.46. The molecule has 1 aromatic heterocycles. The van der Waals surface area contributed by atoms with Gasteiger partial charge in [0.05, 0.1) is 6.04 Å². The molecule has 1 atom stereocenters. The minimum atomic E-state index is 0.538. The van der Waals surface area contributed by atoms with Gasteiger partial charge in [-0.15, -0.1) is 5.10 Å². The van der Waals surface area contributed by atoms with Crippen molar-refractivity contribution in [2.45, 2.75) is 50.2 Å². The number of hydrogen-bond donors (Lipinski definition) is 0.